The van der Waals surface area contributed by atoms with Crippen molar-refractivity contribution in [2.75, 3.05) is 6.54 Å². The Hall–Kier alpha value is -3.41. The molecular formula is C21H20N6. The van der Waals surface area contributed by atoms with Crippen LogP contribution in [-0.2, 0) is 0 Å². The standard InChI is InChI=1S/C21H20N6/c22-8-7-18(23-11-14-1-2-14)15-4-6-19-21(9-15)27(13-24-19)17-5-3-16-12-25-26-20(16)10-17/h3-10,12-14,22-23H,1-2,11H2,(H,25,26)/b18-7-,22-8?. The monoisotopic (exact) mass is 356 g/mol. The maximum Gasteiger partial charge on any atom is 0.100 e. The van der Waals surface area contributed by atoms with Gasteiger partial charge in [-0.2, -0.15) is 5.10 Å². The summed E-state index contributed by atoms with van der Waals surface area (Å²) in [6.07, 6.45) is 9.43. The molecule has 0 amide bonds. The number of aromatic amines is 1. The second-order valence-electron chi connectivity index (χ2n) is 7.03. The second kappa shape index (κ2) is 6.39. The van der Waals surface area contributed by atoms with Crippen molar-refractivity contribution in [3.63, 3.8) is 0 Å². The third kappa shape index (κ3) is 2.99. The number of nitrogens with zero attached hydrogens (tertiary/aromatic N) is 3. The van der Waals surface area contributed by atoms with Crippen LogP contribution in [-0.4, -0.2) is 32.5 Å². The fourth-order valence-electron chi connectivity index (χ4n) is 3.37. The van der Waals surface area contributed by atoms with Crippen LogP contribution in [0.4, 0.5) is 0 Å². The van der Waals surface area contributed by atoms with Crippen LogP contribution in [0.5, 0.6) is 0 Å². The molecule has 0 radical (unpaired) electrons. The summed E-state index contributed by atoms with van der Waals surface area (Å²) in [6, 6.07) is 12.4. The molecule has 1 saturated carbocycles. The van der Waals surface area contributed by atoms with Gasteiger partial charge >= 0.3 is 0 Å². The lowest BCUT2D eigenvalue weighted by molar-refractivity contribution is 0.759. The number of hydrogen-bond donors (Lipinski definition) is 3. The SMILES string of the molecule is N=C/C=C(\NCC1CC1)c1ccc2ncn(-c3ccc4cn[nH]c4c3)c2c1. The highest BCUT2D eigenvalue weighted by molar-refractivity contribution is 5.87. The molecule has 6 heteroatoms. The molecule has 134 valence electrons. The summed E-state index contributed by atoms with van der Waals surface area (Å²) < 4.78 is 2.09. The molecule has 6 nitrogen and oxygen atoms in total. The molecule has 1 fully saturated rings. The lowest BCUT2D eigenvalue weighted by Crippen LogP contribution is -2.15. The van der Waals surface area contributed by atoms with Crippen molar-refractivity contribution in [2.45, 2.75) is 12.8 Å². The predicted octanol–water partition coefficient (Wildman–Crippen LogP) is 3.89. The quantitative estimate of drug-likeness (QED) is 0.458. The van der Waals surface area contributed by atoms with E-state index in [2.05, 4.69) is 55.4 Å². The van der Waals surface area contributed by atoms with E-state index in [1.54, 1.807) is 0 Å². The van der Waals surface area contributed by atoms with Crippen LogP contribution in [0.2, 0.25) is 0 Å². The Bertz CT molecular complexity index is 1160. The molecule has 0 atom stereocenters. The molecule has 5 rings (SSSR count). The minimum absolute atomic E-state index is 0.773. The fourth-order valence-corrected chi connectivity index (χ4v) is 3.37. The van der Waals surface area contributed by atoms with Gasteiger partial charge in [-0.25, -0.2) is 4.98 Å². The molecule has 2 aromatic carbocycles. The summed E-state index contributed by atoms with van der Waals surface area (Å²) >= 11 is 0. The van der Waals surface area contributed by atoms with Crippen molar-refractivity contribution in [1.82, 2.24) is 25.1 Å². The van der Waals surface area contributed by atoms with E-state index >= 15 is 0 Å². The fraction of sp³-hybridized carbons (Fsp3) is 0.190. The zero-order chi connectivity index (χ0) is 18.2. The van der Waals surface area contributed by atoms with Crippen molar-refractivity contribution in [3.8, 4) is 5.69 Å². The Morgan fingerprint density at radius 1 is 1.26 bits per heavy atom. The maximum atomic E-state index is 7.49. The van der Waals surface area contributed by atoms with Crippen molar-refractivity contribution in [3.05, 3.63) is 60.6 Å². The second-order valence-corrected chi connectivity index (χ2v) is 7.03. The van der Waals surface area contributed by atoms with Gasteiger partial charge in [0.25, 0.3) is 0 Å². The maximum absolute atomic E-state index is 7.49. The number of H-pyrrole nitrogens is 1. The zero-order valence-corrected chi connectivity index (χ0v) is 14.8. The van der Waals surface area contributed by atoms with Crippen LogP contribution < -0.4 is 5.32 Å². The van der Waals surface area contributed by atoms with Gasteiger partial charge in [-0.05, 0) is 60.7 Å². The molecule has 0 aliphatic heterocycles. The Balaban J connectivity index is 1.56. The highest BCUT2D eigenvalue weighted by atomic mass is 15.1. The van der Waals surface area contributed by atoms with Gasteiger partial charge in [-0.15, -0.1) is 0 Å². The Kier molecular flexibility index (Phi) is 3.74. The minimum atomic E-state index is 0.773. The Morgan fingerprint density at radius 2 is 2.19 bits per heavy atom. The highest BCUT2D eigenvalue weighted by Gasteiger charge is 2.21. The van der Waals surface area contributed by atoms with E-state index in [4.69, 9.17) is 5.41 Å². The largest absolute Gasteiger partial charge is 0.384 e. The van der Waals surface area contributed by atoms with Crippen LogP contribution in [0.1, 0.15) is 18.4 Å². The zero-order valence-electron chi connectivity index (χ0n) is 14.8. The molecule has 0 unspecified atom stereocenters. The average molecular weight is 356 g/mol. The molecule has 0 spiro atoms. The number of fused-ring (bicyclic) bond motifs is 2. The van der Waals surface area contributed by atoms with E-state index in [1.807, 2.05) is 24.7 Å². The van der Waals surface area contributed by atoms with Gasteiger partial charge in [0, 0.05) is 29.5 Å². The van der Waals surface area contributed by atoms with E-state index in [9.17, 15) is 0 Å². The van der Waals surface area contributed by atoms with Crippen molar-refractivity contribution in [2.24, 2.45) is 5.92 Å². The van der Waals surface area contributed by atoms with Crippen LogP contribution >= 0.6 is 0 Å². The van der Waals surface area contributed by atoms with E-state index < -0.39 is 0 Å². The first-order valence-corrected chi connectivity index (χ1v) is 9.17. The highest BCUT2D eigenvalue weighted by Crippen LogP contribution is 2.29. The molecule has 2 heterocycles. The van der Waals surface area contributed by atoms with Crippen molar-refractivity contribution in [1.29, 1.82) is 5.41 Å². The molecule has 1 aliphatic rings. The lowest BCUT2D eigenvalue weighted by atomic mass is 10.1. The summed E-state index contributed by atoms with van der Waals surface area (Å²) in [6.45, 7) is 0.966. The van der Waals surface area contributed by atoms with Gasteiger partial charge in [0.05, 0.1) is 22.7 Å². The first-order valence-electron chi connectivity index (χ1n) is 9.17. The number of aromatic nitrogens is 4. The van der Waals surface area contributed by atoms with Crippen molar-refractivity contribution < 1.29 is 0 Å². The molecular weight excluding hydrogens is 336 g/mol. The minimum Gasteiger partial charge on any atom is -0.384 e. The summed E-state index contributed by atoms with van der Waals surface area (Å²) in [4.78, 5) is 4.55. The predicted molar refractivity (Wildman–Crippen MR) is 108 cm³/mol. The number of hydrogen-bond acceptors (Lipinski definition) is 4. The number of imidazole rings is 1. The normalized spacial score (nSPS) is 14.7. The van der Waals surface area contributed by atoms with Gasteiger partial charge < -0.3 is 10.7 Å². The summed E-state index contributed by atoms with van der Waals surface area (Å²) in [7, 11) is 0. The van der Waals surface area contributed by atoms with Crippen LogP contribution in [0.25, 0.3) is 33.3 Å². The number of nitrogens with one attached hydrogen (secondary N) is 3. The van der Waals surface area contributed by atoms with E-state index in [0.29, 0.717) is 0 Å². The van der Waals surface area contributed by atoms with Gasteiger partial charge in [-0.1, -0.05) is 6.07 Å². The first kappa shape index (κ1) is 15.8. The summed E-state index contributed by atoms with van der Waals surface area (Å²) in [5.74, 6) is 0.773. The smallest absolute Gasteiger partial charge is 0.100 e. The van der Waals surface area contributed by atoms with E-state index in [-0.39, 0.29) is 0 Å². The summed E-state index contributed by atoms with van der Waals surface area (Å²) in [5.41, 5.74) is 6.07. The van der Waals surface area contributed by atoms with Gasteiger partial charge in [0.2, 0.25) is 0 Å². The summed E-state index contributed by atoms with van der Waals surface area (Å²) in [5, 5.41) is 19.2. The molecule has 1 aliphatic carbocycles. The molecule has 3 N–H and O–H groups in total. The number of rotatable bonds is 6. The number of allylic oxidation sites excluding steroid dienone is 1. The Morgan fingerprint density at radius 3 is 3.04 bits per heavy atom. The van der Waals surface area contributed by atoms with Gasteiger partial charge in [0.15, 0.2) is 0 Å². The molecule has 27 heavy (non-hydrogen) atoms. The first-order chi connectivity index (χ1) is 13.3. The lowest BCUT2D eigenvalue weighted by Gasteiger charge is -2.11. The van der Waals surface area contributed by atoms with Gasteiger partial charge in [0.1, 0.15) is 6.33 Å². The molecule has 0 bridgehead atoms. The van der Waals surface area contributed by atoms with E-state index in [1.165, 1.54) is 19.1 Å². The van der Waals surface area contributed by atoms with E-state index in [0.717, 1.165) is 51.3 Å². The topological polar surface area (TPSA) is 82.4 Å². The number of benzene rings is 2. The third-order valence-electron chi connectivity index (χ3n) is 5.09. The molecule has 4 aromatic rings. The van der Waals surface area contributed by atoms with Crippen molar-refractivity contribution >= 4 is 33.8 Å². The average Bonchev–Trinajstić information content (AvgIpc) is 3.24. The molecule has 0 saturated heterocycles. The molecule has 2 aromatic heterocycles. The van der Waals surface area contributed by atoms with Gasteiger partial charge in [-0.3, -0.25) is 9.67 Å². The third-order valence-corrected chi connectivity index (χ3v) is 5.09. The van der Waals surface area contributed by atoms with Crippen LogP contribution in [0.3, 0.4) is 0 Å². The van der Waals surface area contributed by atoms with Crippen LogP contribution in [0.15, 0.2) is 55.0 Å². The van der Waals surface area contributed by atoms with Crippen LogP contribution in [0, 0.1) is 11.3 Å². The Labute approximate surface area is 156 Å².